The highest BCUT2D eigenvalue weighted by molar-refractivity contribution is 7.99. The van der Waals surface area contributed by atoms with E-state index in [0.717, 1.165) is 28.8 Å². The van der Waals surface area contributed by atoms with E-state index in [1.165, 1.54) is 16.1 Å². The van der Waals surface area contributed by atoms with Crippen LogP contribution >= 0.6 is 11.8 Å². The quantitative estimate of drug-likeness (QED) is 0.528. The average molecular weight is 458 g/mol. The van der Waals surface area contributed by atoms with Crippen LogP contribution in [0, 0.1) is 0 Å². The number of fused-ring (bicyclic) bond motifs is 1. The van der Waals surface area contributed by atoms with Crippen LogP contribution in [0.2, 0.25) is 0 Å². The second-order valence-corrected chi connectivity index (χ2v) is 10.7. The van der Waals surface area contributed by atoms with Crippen molar-refractivity contribution in [1.29, 1.82) is 0 Å². The molecule has 0 bridgehead atoms. The summed E-state index contributed by atoms with van der Waals surface area (Å²) in [6.45, 7) is 1.37. The van der Waals surface area contributed by atoms with Crippen molar-refractivity contribution in [2.75, 3.05) is 31.9 Å². The zero-order chi connectivity index (χ0) is 21.4. The molecule has 0 atom stereocenters. The Morgan fingerprint density at radius 3 is 2.52 bits per heavy atom. The van der Waals surface area contributed by atoms with Gasteiger partial charge in [-0.1, -0.05) is 42.1 Å². The van der Waals surface area contributed by atoms with Crippen LogP contribution in [0.15, 0.2) is 58.8 Å². The number of thioether (sulfide) groups is 1. The summed E-state index contributed by atoms with van der Waals surface area (Å²) < 4.78 is 29.7. The number of nitrogens with zero attached hydrogens (tertiary/aromatic N) is 5. The summed E-state index contributed by atoms with van der Waals surface area (Å²) in [6.07, 6.45) is 3.99. The monoisotopic (exact) mass is 457 g/mol. The number of carbonyl (C=O) groups is 1. The molecule has 1 saturated carbocycles. The summed E-state index contributed by atoms with van der Waals surface area (Å²) in [6, 6.07) is 13.4. The van der Waals surface area contributed by atoms with E-state index < -0.39 is 10.0 Å². The highest BCUT2D eigenvalue weighted by atomic mass is 32.2. The second kappa shape index (κ2) is 8.25. The van der Waals surface area contributed by atoms with Gasteiger partial charge in [0, 0.05) is 32.2 Å². The fraction of sp³-hybridized carbons (Fsp3) is 0.381. The van der Waals surface area contributed by atoms with Crippen molar-refractivity contribution in [3.8, 4) is 0 Å². The first-order chi connectivity index (χ1) is 15.0. The normalized spacial score (nSPS) is 17.9. The number of rotatable bonds is 6. The van der Waals surface area contributed by atoms with Gasteiger partial charge in [0.05, 0.1) is 10.6 Å². The standard InChI is InChI=1S/C21H23N5O3S2/c27-20(14-30-21-23-22-15-26(21)18-6-7-18)24-9-11-25(12-10-24)31(28,29)19-8-5-16-3-1-2-4-17(16)13-19/h1-5,8,13,15,18H,6-7,9-12,14H2. The lowest BCUT2D eigenvalue weighted by molar-refractivity contribution is -0.129. The number of hydrogen-bond acceptors (Lipinski definition) is 6. The summed E-state index contributed by atoms with van der Waals surface area (Å²) >= 11 is 1.39. The number of hydrogen-bond donors (Lipinski definition) is 0. The molecule has 0 unspecified atom stereocenters. The first-order valence-corrected chi connectivity index (χ1v) is 12.7. The third-order valence-corrected chi connectivity index (χ3v) is 8.59. The van der Waals surface area contributed by atoms with Crippen LogP contribution in [0.5, 0.6) is 0 Å². The van der Waals surface area contributed by atoms with Crippen molar-refractivity contribution >= 4 is 38.5 Å². The third kappa shape index (κ3) is 4.19. The minimum absolute atomic E-state index is 0.00176. The lowest BCUT2D eigenvalue weighted by Gasteiger charge is -2.34. The van der Waals surface area contributed by atoms with Crippen LogP contribution in [0.1, 0.15) is 18.9 Å². The Bertz CT molecular complexity index is 1210. The summed E-state index contributed by atoms with van der Waals surface area (Å²) in [5, 5.41) is 10.7. The molecule has 1 amide bonds. The molecule has 3 aromatic rings. The predicted octanol–water partition coefficient (Wildman–Crippen LogP) is 2.39. The Balaban J connectivity index is 1.20. The topological polar surface area (TPSA) is 88.4 Å². The molecule has 2 aliphatic rings. The molecule has 0 spiro atoms. The van der Waals surface area contributed by atoms with Crippen LogP contribution in [0.4, 0.5) is 0 Å². The van der Waals surface area contributed by atoms with Crippen LogP contribution in [0.3, 0.4) is 0 Å². The van der Waals surface area contributed by atoms with E-state index >= 15 is 0 Å². The van der Waals surface area contributed by atoms with Crippen molar-refractivity contribution in [2.24, 2.45) is 0 Å². The number of aromatic nitrogens is 3. The van der Waals surface area contributed by atoms with Gasteiger partial charge in [0.2, 0.25) is 15.9 Å². The summed E-state index contributed by atoms with van der Waals surface area (Å²) in [5.41, 5.74) is 0. The molecule has 162 valence electrons. The van der Waals surface area contributed by atoms with Crippen molar-refractivity contribution < 1.29 is 13.2 Å². The Kier molecular flexibility index (Phi) is 5.45. The van der Waals surface area contributed by atoms with Crippen LogP contribution < -0.4 is 0 Å². The van der Waals surface area contributed by atoms with Crippen LogP contribution in [-0.2, 0) is 14.8 Å². The molecule has 1 saturated heterocycles. The molecular formula is C21H23N5O3S2. The van der Waals surface area contributed by atoms with E-state index in [-0.39, 0.29) is 11.7 Å². The maximum atomic E-state index is 13.1. The molecule has 1 aromatic heterocycles. The van der Waals surface area contributed by atoms with Gasteiger partial charge in [0.25, 0.3) is 0 Å². The minimum Gasteiger partial charge on any atom is -0.339 e. The number of amides is 1. The highest BCUT2D eigenvalue weighted by Crippen LogP contribution is 2.37. The molecule has 2 heterocycles. The van der Waals surface area contributed by atoms with E-state index in [0.29, 0.717) is 37.1 Å². The van der Waals surface area contributed by atoms with E-state index in [9.17, 15) is 13.2 Å². The fourth-order valence-corrected chi connectivity index (χ4v) is 6.15. The molecule has 2 fully saturated rings. The van der Waals surface area contributed by atoms with Gasteiger partial charge in [-0.3, -0.25) is 4.79 Å². The number of sulfonamides is 1. The summed E-state index contributed by atoms with van der Waals surface area (Å²) in [7, 11) is -3.59. The van der Waals surface area contributed by atoms with Gasteiger partial charge < -0.3 is 9.47 Å². The second-order valence-electron chi connectivity index (χ2n) is 7.83. The summed E-state index contributed by atoms with van der Waals surface area (Å²) in [5.74, 6) is 0.279. The lowest BCUT2D eigenvalue weighted by atomic mass is 10.1. The average Bonchev–Trinajstić information content (AvgIpc) is 3.54. The Morgan fingerprint density at radius 2 is 1.77 bits per heavy atom. The van der Waals surface area contributed by atoms with Crippen LogP contribution in [0.25, 0.3) is 10.8 Å². The maximum absolute atomic E-state index is 13.1. The largest absolute Gasteiger partial charge is 0.339 e. The Hall–Kier alpha value is -2.43. The maximum Gasteiger partial charge on any atom is 0.243 e. The molecular weight excluding hydrogens is 434 g/mol. The predicted molar refractivity (Wildman–Crippen MR) is 118 cm³/mol. The molecule has 0 N–H and O–H groups in total. The SMILES string of the molecule is O=C(CSc1nncn1C1CC1)N1CCN(S(=O)(=O)c2ccc3ccccc3c2)CC1. The molecule has 10 heteroatoms. The molecule has 1 aliphatic heterocycles. The van der Waals surface area contributed by atoms with Gasteiger partial charge >= 0.3 is 0 Å². The smallest absolute Gasteiger partial charge is 0.243 e. The lowest BCUT2D eigenvalue weighted by Crippen LogP contribution is -2.50. The zero-order valence-electron chi connectivity index (χ0n) is 16.9. The molecule has 0 radical (unpaired) electrons. The van der Waals surface area contributed by atoms with E-state index in [4.69, 9.17) is 0 Å². The van der Waals surface area contributed by atoms with E-state index in [2.05, 4.69) is 10.2 Å². The molecule has 8 nitrogen and oxygen atoms in total. The van der Waals surface area contributed by atoms with Gasteiger partial charge in [0.1, 0.15) is 6.33 Å². The number of carbonyl (C=O) groups excluding carboxylic acids is 1. The molecule has 31 heavy (non-hydrogen) atoms. The van der Waals surface area contributed by atoms with Gasteiger partial charge in [0.15, 0.2) is 5.16 Å². The zero-order valence-corrected chi connectivity index (χ0v) is 18.6. The highest BCUT2D eigenvalue weighted by Gasteiger charge is 2.31. The first-order valence-electron chi connectivity index (χ1n) is 10.3. The van der Waals surface area contributed by atoms with Crippen molar-refractivity contribution in [3.63, 3.8) is 0 Å². The van der Waals surface area contributed by atoms with Gasteiger partial charge in [-0.2, -0.15) is 4.31 Å². The van der Waals surface area contributed by atoms with Gasteiger partial charge in [-0.25, -0.2) is 8.42 Å². The molecule has 5 rings (SSSR count). The van der Waals surface area contributed by atoms with Gasteiger partial charge in [-0.05, 0) is 35.7 Å². The molecule has 2 aromatic carbocycles. The molecule has 1 aliphatic carbocycles. The van der Waals surface area contributed by atoms with E-state index in [1.807, 2.05) is 34.9 Å². The van der Waals surface area contributed by atoms with Gasteiger partial charge in [-0.15, -0.1) is 10.2 Å². The fourth-order valence-electron chi connectivity index (χ4n) is 3.81. The van der Waals surface area contributed by atoms with Crippen molar-refractivity contribution in [2.45, 2.75) is 28.9 Å². The number of benzene rings is 2. The minimum atomic E-state index is -3.59. The third-order valence-electron chi connectivity index (χ3n) is 5.76. The van der Waals surface area contributed by atoms with Crippen molar-refractivity contribution in [3.05, 3.63) is 48.8 Å². The number of piperazine rings is 1. The Morgan fingerprint density at radius 1 is 1.03 bits per heavy atom. The Labute approximate surface area is 185 Å². The first kappa shape index (κ1) is 20.5. The van der Waals surface area contributed by atoms with Crippen molar-refractivity contribution in [1.82, 2.24) is 24.0 Å². The van der Waals surface area contributed by atoms with Crippen LogP contribution in [-0.4, -0.2) is 70.2 Å². The van der Waals surface area contributed by atoms with E-state index in [1.54, 1.807) is 23.4 Å². The summed E-state index contributed by atoms with van der Waals surface area (Å²) in [4.78, 5) is 14.7.